The number of hydrogen-bond acceptors (Lipinski definition) is 4. The Morgan fingerprint density at radius 2 is 2.37 bits per heavy atom. The summed E-state index contributed by atoms with van der Waals surface area (Å²) in [7, 11) is -3.21. The molecule has 7 heteroatoms. The van der Waals surface area contributed by atoms with Crippen molar-refractivity contribution in [2.75, 3.05) is 12.4 Å². The highest BCUT2D eigenvalue weighted by Crippen LogP contribution is 2.30. The van der Waals surface area contributed by atoms with Crippen LogP contribution in [0.3, 0.4) is 0 Å². The molecule has 108 valence electrons. The SMILES string of the molecule is CCCS(=O)(=O)NC1CCCc2c1cnn2CCO. The minimum atomic E-state index is -3.21. The Morgan fingerprint density at radius 1 is 1.58 bits per heavy atom. The lowest BCUT2D eigenvalue weighted by molar-refractivity contribution is 0.266. The van der Waals surface area contributed by atoms with E-state index in [-0.39, 0.29) is 18.4 Å². The molecule has 1 aromatic rings. The van der Waals surface area contributed by atoms with Gasteiger partial charge in [0.25, 0.3) is 0 Å². The van der Waals surface area contributed by atoms with Crippen molar-refractivity contribution in [1.29, 1.82) is 0 Å². The quantitative estimate of drug-likeness (QED) is 0.801. The maximum absolute atomic E-state index is 11.9. The van der Waals surface area contributed by atoms with Crippen molar-refractivity contribution in [3.8, 4) is 0 Å². The standard InChI is InChI=1S/C12H21N3O3S/c1-2-8-19(17,18)14-11-4-3-5-12-10(11)9-13-15(12)6-7-16/h9,11,14,16H,2-8H2,1H3. The molecule has 0 aliphatic heterocycles. The third-order valence-corrected chi connectivity index (χ3v) is 4.96. The molecule has 1 heterocycles. The number of hydrogen-bond donors (Lipinski definition) is 2. The van der Waals surface area contributed by atoms with E-state index in [4.69, 9.17) is 5.11 Å². The molecule has 6 nitrogen and oxygen atoms in total. The number of nitrogens with zero attached hydrogens (tertiary/aromatic N) is 2. The van der Waals surface area contributed by atoms with Crippen molar-refractivity contribution in [1.82, 2.24) is 14.5 Å². The van der Waals surface area contributed by atoms with Crippen molar-refractivity contribution < 1.29 is 13.5 Å². The van der Waals surface area contributed by atoms with Crippen LogP contribution in [0.1, 0.15) is 43.5 Å². The first-order chi connectivity index (χ1) is 9.07. The third kappa shape index (κ3) is 3.34. The number of aliphatic hydroxyl groups excluding tert-OH is 1. The molecule has 0 amide bonds. The maximum Gasteiger partial charge on any atom is 0.212 e. The van der Waals surface area contributed by atoms with Gasteiger partial charge in [0.05, 0.1) is 31.1 Å². The van der Waals surface area contributed by atoms with Gasteiger partial charge < -0.3 is 5.11 Å². The molecule has 2 rings (SSSR count). The summed E-state index contributed by atoms with van der Waals surface area (Å²) in [5, 5.41) is 13.2. The van der Waals surface area contributed by atoms with Crippen molar-refractivity contribution in [3.63, 3.8) is 0 Å². The molecular weight excluding hydrogens is 266 g/mol. The summed E-state index contributed by atoms with van der Waals surface area (Å²) in [5.74, 6) is 0.156. The molecule has 19 heavy (non-hydrogen) atoms. The summed E-state index contributed by atoms with van der Waals surface area (Å²) < 4.78 is 28.3. The Balaban J connectivity index is 2.19. The Bertz CT molecular complexity index is 524. The molecule has 0 aromatic carbocycles. The van der Waals surface area contributed by atoms with Gasteiger partial charge in [-0.1, -0.05) is 6.92 Å². The van der Waals surface area contributed by atoms with E-state index in [1.807, 2.05) is 6.92 Å². The van der Waals surface area contributed by atoms with Gasteiger partial charge in [0.15, 0.2) is 0 Å². The largest absolute Gasteiger partial charge is 0.394 e. The lowest BCUT2D eigenvalue weighted by Crippen LogP contribution is -2.32. The number of rotatable bonds is 6. The lowest BCUT2D eigenvalue weighted by Gasteiger charge is -2.24. The van der Waals surface area contributed by atoms with Crippen molar-refractivity contribution in [2.45, 2.75) is 45.2 Å². The number of nitrogens with one attached hydrogen (secondary N) is 1. The average molecular weight is 287 g/mol. The summed E-state index contributed by atoms with van der Waals surface area (Å²) >= 11 is 0. The molecule has 0 bridgehead atoms. The van der Waals surface area contributed by atoms with Crippen LogP contribution in [0, 0.1) is 0 Å². The van der Waals surface area contributed by atoms with E-state index >= 15 is 0 Å². The minimum absolute atomic E-state index is 0.0420. The minimum Gasteiger partial charge on any atom is -0.394 e. The lowest BCUT2D eigenvalue weighted by atomic mass is 9.94. The third-order valence-electron chi connectivity index (χ3n) is 3.37. The topological polar surface area (TPSA) is 84.2 Å². The molecule has 0 spiro atoms. The van der Waals surface area contributed by atoms with Gasteiger partial charge in [-0.25, -0.2) is 13.1 Å². The van der Waals surface area contributed by atoms with Crippen LogP contribution in [-0.4, -0.2) is 35.7 Å². The van der Waals surface area contributed by atoms with Crippen molar-refractivity contribution in [3.05, 3.63) is 17.5 Å². The predicted molar refractivity (Wildman–Crippen MR) is 72.2 cm³/mol. The van der Waals surface area contributed by atoms with E-state index in [1.54, 1.807) is 10.9 Å². The van der Waals surface area contributed by atoms with Crippen LogP contribution < -0.4 is 4.72 Å². The molecule has 0 radical (unpaired) electrons. The van der Waals surface area contributed by atoms with Gasteiger partial charge in [-0.15, -0.1) is 0 Å². The van der Waals surface area contributed by atoms with E-state index in [0.29, 0.717) is 13.0 Å². The summed E-state index contributed by atoms with van der Waals surface area (Å²) in [6.45, 7) is 2.36. The van der Waals surface area contributed by atoms with Crippen LogP contribution in [0.5, 0.6) is 0 Å². The molecule has 2 N–H and O–H groups in total. The normalized spacial score (nSPS) is 19.4. The van der Waals surface area contributed by atoms with Crippen LogP contribution in [0.4, 0.5) is 0 Å². The second kappa shape index (κ2) is 6.02. The summed E-state index contributed by atoms with van der Waals surface area (Å²) in [4.78, 5) is 0. The highest BCUT2D eigenvalue weighted by atomic mass is 32.2. The monoisotopic (exact) mass is 287 g/mol. The molecule has 1 aliphatic carbocycles. The zero-order valence-electron chi connectivity index (χ0n) is 11.2. The smallest absolute Gasteiger partial charge is 0.212 e. The second-order valence-corrected chi connectivity index (χ2v) is 6.75. The molecule has 1 aromatic heterocycles. The number of aliphatic hydroxyl groups is 1. The first kappa shape index (κ1) is 14.5. The number of fused-ring (bicyclic) bond motifs is 1. The van der Waals surface area contributed by atoms with Crippen molar-refractivity contribution in [2.24, 2.45) is 0 Å². The zero-order valence-corrected chi connectivity index (χ0v) is 12.0. The summed E-state index contributed by atoms with van der Waals surface area (Å²) in [6.07, 6.45) is 4.97. The van der Waals surface area contributed by atoms with Gasteiger partial charge in [-0.2, -0.15) is 5.10 Å². The first-order valence-electron chi connectivity index (χ1n) is 6.73. The fourth-order valence-corrected chi connectivity index (χ4v) is 3.91. The predicted octanol–water partition coefficient (Wildman–Crippen LogP) is 0.582. The van der Waals surface area contributed by atoms with E-state index in [2.05, 4.69) is 9.82 Å². The second-order valence-electron chi connectivity index (χ2n) is 4.87. The van der Waals surface area contributed by atoms with Gasteiger partial charge in [-0.3, -0.25) is 4.68 Å². The van der Waals surface area contributed by atoms with Crippen LogP contribution >= 0.6 is 0 Å². The average Bonchev–Trinajstić information content (AvgIpc) is 2.74. The Labute approximate surface area is 113 Å². The fraction of sp³-hybridized carbons (Fsp3) is 0.750. The maximum atomic E-state index is 11.9. The van der Waals surface area contributed by atoms with Gasteiger partial charge in [0, 0.05) is 11.3 Å². The Hall–Kier alpha value is -0.920. The Morgan fingerprint density at radius 3 is 3.05 bits per heavy atom. The summed E-state index contributed by atoms with van der Waals surface area (Å²) in [6, 6.07) is -0.173. The van der Waals surface area contributed by atoms with E-state index in [0.717, 1.165) is 30.5 Å². The van der Waals surface area contributed by atoms with Crippen LogP contribution in [0.15, 0.2) is 6.20 Å². The molecule has 1 aliphatic rings. The van der Waals surface area contributed by atoms with Gasteiger partial charge >= 0.3 is 0 Å². The van der Waals surface area contributed by atoms with Crippen molar-refractivity contribution >= 4 is 10.0 Å². The van der Waals surface area contributed by atoms with E-state index in [1.165, 1.54) is 0 Å². The molecule has 0 fully saturated rings. The van der Waals surface area contributed by atoms with Gasteiger partial charge in [0.2, 0.25) is 10.0 Å². The highest BCUT2D eigenvalue weighted by molar-refractivity contribution is 7.89. The van der Waals surface area contributed by atoms with E-state index in [9.17, 15) is 8.42 Å². The molecule has 0 saturated carbocycles. The highest BCUT2D eigenvalue weighted by Gasteiger charge is 2.27. The molecule has 0 saturated heterocycles. The fourth-order valence-electron chi connectivity index (χ4n) is 2.57. The van der Waals surface area contributed by atoms with E-state index < -0.39 is 10.0 Å². The zero-order chi connectivity index (χ0) is 13.9. The molecule has 1 atom stereocenters. The number of sulfonamides is 1. The molecular formula is C12H21N3O3S. The Kier molecular flexibility index (Phi) is 4.59. The van der Waals surface area contributed by atoms with Crippen LogP contribution in [0.25, 0.3) is 0 Å². The van der Waals surface area contributed by atoms with Crippen LogP contribution in [-0.2, 0) is 23.0 Å². The van der Waals surface area contributed by atoms with Gasteiger partial charge in [-0.05, 0) is 25.7 Å². The van der Waals surface area contributed by atoms with Gasteiger partial charge in [0.1, 0.15) is 0 Å². The first-order valence-corrected chi connectivity index (χ1v) is 8.38. The summed E-state index contributed by atoms with van der Waals surface area (Å²) in [5.41, 5.74) is 2.00. The van der Waals surface area contributed by atoms with Crippen LogP contribution in [0.2, 0.25) is 0 Å². The number of aromatic nitrogens is 2. The molecule has 1 unspecified atom stereocenters.